The van der Waals surface area contributed by atoms with E-state index in [-0.39, 0.29) is 12.1 Å². The van der Waals surface area contributed by atoms with Crippen LogP contribution in [0.15, 0.2) is 0 Å². The molecule has 0 aromatic carbocycles. The maximum atomic E-state index is 9.28. The van der Waals surface area contributed by atoms with Crippen molar-refractivity contribution in [3.8, 4) is 0 Å². The monoisotopic (exact) mass is 203 g/mol. The first kappa shape index (κ1) is 11.3. The molecule has 0 saturated carbocycles. The van der Waals surface area contributed by atoms with Crippen molar-refractivity contribution in [2.45, 2.75) is 38.8 Å². The van der Waals surface area contributed by atoms with Crippen LogP contribution < -0.4 is 5.32 Å². The average molecular weight is 203 g/mol. The summed E-state index contributed by atoms with van der Waals surface area (Å²) in [6, 6.07) is 0.231. The van der Waals surface area contributed by atoms with Crippen molar-refractivity contribution in [2.75, 3.05) is 18.1 Å². The summed E-state index contributed by atoms with van der Waals surface area (Å²) in [5.74, 6) is 3.47. The Morgan fingerprint density at radius 3 is 2.54 bits per heavy atom. The number of hydrogen-bond acceptors (Lipinski definition) is 3. The van der Waals surface area contributed by atoms with Crippen LogP contribution >= 0.6 is 11.8 Å². The Balaban J connectivity index is 2.10. The van der Waals surface area contributed by atoms with Gasteiger partial charge in [-0.3, -0.25) is 0 Å². The fraction of sp³-hybridized carbons (Fsp3) is 1.00. The molecule has 0 amide bonds. The van der Waals surface area contributed by atoms with Crippen LogP contribution in [0.5, 0.6) is 0 Å². The molecule has 0 bridgehead atoms. The lowest BCUT2D eigenvalue weighted by Gasteiger charge is -2.24. The van der Waals surface area contributed by atoms with Crippen LogP contribution in [-0.4, -0.2) is 35.3 Å². The summed E-state index contributed by atoms with van der Waals surface area (Å²) in [5.41, 5.74) is 0. The van der Waals surface area contributed by atoms with Crippen LogP contribution in [0, 0.1) is 5.92 Å². The SMILES string of the molecule is CC(O)C(C)NCC1CCSCC1. The Kier molecular flexibility index (Phi) is 5.14. The van der Waals surface area contributed by atoms with Crippen LogP contribution in [0.2, 0.25) is 0 Å². The van der Waals surface area contributed by atoms with E-state index in [9.17, 15) is 5.11 Å². The molecule has 1 saturated heterocycles. The number of aliphatic hydroxyl groups excluding tert-OH is 1. The maximum absolute atomic E-state index is 9.28. The topological polar surface area (TPSA) is 32.3 Å². The van der Waals surface area contributed by atoms with E-state index in [4.69, 9.17) is 0 Å². The molecule has 2 atom stereocenters. The first-order valence-electron chi connectivity index (χ1n) is 5.19. The van der Waals surface area contributed by atoms with Gasteiger partial charge >= 0.3 is 0 Å². The first-order valence-corrected chi connectivity index (χ1v) is 6.35. The van der Waals surface area contributed by atoms with Gasteiger partial charge in [0.1, 0.15) is 0 Å². The molecule has 1 rings (SSSR count). The van der Waals surface area contributed by atoms with Crippen molar-refractivity contribution in [3.63, 3.8) is 0 Å². The van der Waals surface area contributed by atoms with Gasteiger partial charge in [0, 0.05) is 6.04 Å². The van der Waals surface area contributed by atoms with Gasteiger partial charge in [0.05, 0.1) is 6.10 Å². The lowest BCUT2D eigenvalue weighted by molar-refractivity contribution is 0.149. The molecule has 3 heteroatoms. The van der Waals surface area contributed by atoms with Gasteiger partial charge in [-0.25, -0.2) is 0 Å². The molecule has 1 heterocycles. The Morgan fingerprint density at radius 2 is 2.00 bits per heavy atom. The highest BCUT2D eigenvalue weighted by molar-refractivity contribution is 7.99. The average Bonchev–Trinajstić information content (AvgIpc) is 2.15. The molecular formula is C10H21NOS. The fourth-order valence-corrected chi connectivity index (χ4v) is 2.68. The van der Waals surface area contributed by atoms with Crippen LogP contribution in [-0.2, 0) is 0 Å². The van der Waals surface area contributed by atoms with E-state index in [0.29, 0.717) is 0 Å². The summed E-state index contributed by atoms with van der Waals surface area (Å²) < 4.78 is 0. The standard InChI is InChI=1S/C10H21NOS/c1-8(9(2)12)11-7-10-3-5-13-6-4-10/h8-12H,3-7H2,1-2H3. The Morgan fingerprint density at radius 1 is 1.38 bits per heavy atom. The Labute approximate surface area is 85.5 Å². The second-order valence-corrected chi connectivity index (χ2v) is 5.22. The molecule has 0 aromatic rings. The van der Waals surface area contributed by atoms with E-state index in [1.165, 1.54) is 24.3 Å². The molecule has 0 aliphatic carbocycles. The number of thioether (sulfide) groups is 1. The van der Waals surface area contributed by atoms with Crippen molar-refractivity contribution in [1.29, 1.82) is 0 Å². The molecule has 2 unspecified atom stereocenters. The van der Waals surface area contributed by atoms with Gasteiger partial charge in [-0.2, -0.15) is 11.8 Å². The highest BCUT2D eigenvalue weighted by Gasteiger charge is 2.15. The molecule has 2 N–H and O–H groups in total. The number of nitrogens with one attached hydrogen (secondary N) is 1. The van der Waals surface area contributed by atoms with E-state index < -0.39 is 0 Å². The zero-order valence-corrected chi connectivity index (χ0v) is 9.44. The predicted molar refractivity (Wildman–Crippen MR) is 59.2 cm³/mol. The molecule has 1 aliphatic rings. The second kappa shape index (κ2) is 5.89. The summed E-state index contributed by atoms with van der Waals surface area (Å²) in [6.45, 7) is 4.96. The van der Waals surface area contributed by atoms with Crippen LogP contribution in [0.4, 0.5) is 0 Å². The van der Waals surface area contributed by atoms with E-state index in [0.717, 1.165) is 12.5 Å². The maximum Gasteiger partial charge on any atom is 0.0662 e. The van der Waals surface area contributed by atoms with Gasteiger partial charge in [-0.1, -0.05) is 0 Å². The summed E-state index contributed by atoms with van der Waals surface area (Å²) in [5, 5.41) is 12.7. The van der Waals surface area contributed by atoms with Crippen LogP contribution in [0.1, 0.15) is 26.7 Å². The Bertz CT molecular complexity index is 135. The van der Waals surface area contributed by atoms with Crippen molar-refractivity contribution in [1.82, 2.24) is 5.32 Å². The first-order chi connectivity index (χ1) is 6.20. The van der Waals surface area contributed by atoms with Gasteiger partial charge in [0.25, 0.3) is 0 Å². The summed E-state index contributed by atoms with van der Waals surface area (Å²) in [7, 11) is 0. The normalized spacial score (nSPS) is 24.2. The van der Waals surface area contributed by atoms with Crippen LogP contribution in [0.3, 0.4) is 0 Å². The van der Waals surface area contributed by atoms with Gasteiger partial charge in [0.2, 0.25) is 0 Å². The largest absolute Gasteiger partial charge is 0.392 e. The van der Waals surface area contributed by atoms with Crippen molar-refractivity contribution < 1.29 is 5.11 Å². The molecule has 0 aromatic heterocycles. The quantitative estimate of drug-likeness (QED) is 0.726. The zero-order chi connectivity index (χ0) is 9.68. The molecule has 2 nitrogen and oxygen atoms in total. The molecule has 0 radical (unpaired) electrons. The lowest BCUT2D eigenvalue weighted by atomic mass is 10.0. The fourth-order valence-electron chi connectivity index (χ4n) is 1.47. The molecule has 0 spiro atoms. The smallest absolute Gasteiger partial charge is 0.0662 e. The number of hydrogen-bond donors (Lipinski definition) is 2. The van der Waals surface area contributed by atoms with Gasteiger partial charge in [-0.15, -0.1) is 0 Å². The van der Waals surface area contributed by atoms with Crippen LogP contribution in [0.25, 0.3) is 0 Å². The van der Waals surface area contributed by atoms with E-state index >= 15 is 0 Å². The second-order valence-electron chi connectivity index (χ2n) is 3.99. The minimum atomic E-state index is -0.238. The summed E-state index contributed by atoms with van der Waals surface area (Å²) >= 11 is 2.06. The number of rotatable bonds is 4. The van der Waals surface area contributed by atoms with Crippen molar-refractivity contribution >= 4 is 11.8 Å². The third-order valence-electron chi connectivity index (χ3n) is 2.79. The minimum absolute atomic E-state index is 0.231. The highest BCUT2D eigenvalue weighted by atomic mass is 32.2. The van der Waals surface area contributed by atoms with Crippen molar-refractivity contribution in [2.24, 2.45) is 5.92 Å². The molecule has 1 fully saturated rings. The molecule has 1 aliphatic heterocycles. The van der Waals surface area contributed by atoms with Gasteiger partial charge < -0.3 is 10.4 Å². The summed E-state index contributed by atoms with van der Waals surface area (Å²) in [6.07, 6.45) is 2.44. The van der Waals surface area contributed by atoms with Gasteiger partial charge in [0.15, 0.2) is 0 Å². The molecule has 13 heavy (non-hydrogen) atoms. The van der Waals surface area contributed by atoms with Gasteiger partial charge in [-0.05, 0) is 50.7 Å². The van der Waals surface area contributed by atoms with E-state index in [1.54, 1.807) is 0 Å². The third kappa shape index (κ3) is 4.34. The Hall–Kier alpha value is 0.270. The number of aliphatic hydroxyl groups is 1. The lowest BCUT2D eigenvalue weighted by Crippen LogP contribution is -2.39. The zero-order valence-electron chi connectivity index (χ0n) is 8.62. The predicted octanol–water partition coefficient (Wildman–Crippen LogP) is 1.49. The summed E-state index contributed by atoms with van der Waals surface area (Å²) in [4.78, 5) is 0. The highest BCUT2D eigenvalue weighted by Crippen LogP contribution is 2.21. The molecular weight excluding hydrogens is 182 g/mol. The van der Waals surface area contributed by atoms with E-state index in [2.05, 4.69) is 17.1 Å². The molecule has 78 valence electrons. The minimum Gasteiger partial charge on any atom is -0.392 e. The van der Waals surface area contributed by atoms with E-state index in [1.807, 2.05) is 13.8 Å². The van der Waals surface area contributed by atoms with Crippen molar-refractivity contribution in [3.05, 3.63) is 0 Å². The third-order valence-corrected chi connectivity index (χ3v) is 3.84.